The van der Waals surface area contributed by atoms with Crippen LogP contribution in [0.2, 0.25) is 0 Å². The van der Waals surface area contributed by atoms with Crippen LogP contribution in [0, 0.1) is 4.77 Å². The molecule has 0 saturated heterocycles. The number of benzene rings is 2. The van der Waals surface area contributed by atoms with E-state index in [-0.39, 0.29) is 0 Å². The maximum Gasteiger partial charge on any atom is 0.216 e. The number of ether oxygens (including phenoxy) is 1. The highest BCUT2D eigenvalue weighted by Gasteiger charge is 2.12. The third-order valence-corrected chi connectivity index (χ3v) is 4.48. The van der Waals surface area contributed by atoms with Crippen LogP contribution >= 0.6 is 12.2 Å². The smallest absolute Gasteiger partial charge is 0.216 e. The monoisotopic (exact) mass is 404 g/mol. The van der Waals surface area contributed by atoms with Crippen molar-refractivity contribution in [1.29, 1.82) is 0 Å². The van der Waals surface area contributed by atoms with E-state index in [9.17, 15) is 0 Å². The molecule has 2 heterocycles. The van der Waals surface area contributed by atoms with Gasteiger partial charge in [-0.2, -0.15) is 20.0 Å². The normalized spacial score (nSPS) is 11.2. The minimum Gasteiger partial charge on any atom is -0.494 e. The van der Waals surface area contributed by atoms with Crippen molar-refractivity contribution in [2.75, 3.05) is 6.61 Å². The van der Waals surface area contributed by atoms with Gasteiger partial charge in [0.1, 0.15) is 11.4 Å². The van der Waals surface area contributed by atoms with Crippen LogP contribution in [-0.4, -0.2) is 37.9 Å². The molecule has 29 heavy (non-hydrogen) atoms. The van der Waals surface area contributed by atoms with Crippen LogP contribution in [0.25, 0.3) is 22.8 Å². The zero-order valence-electron chi connectivity index (χ0n) is 15.9. The Morgan fingerprint density at radius 3 is 2.62 bits per heavy atom. The van der Waals surface area contributed by atoms with Crippen LogP contribution in [0.1, 0.15) is 18.9 Å². The Hall–Kier alpha value is -3.52. The average Bonchev–Trinajstić information content (AvgIpc) is 3.39. The van der Waals surface area contributed by atoms with E-state index < -0.39 is 0 Å². The van der Waals surface area contributed by atoms with Crippen molar-refractivity contribution in [2.45, 2.75) is 13.3 Å². The molecule has 146 valence electrons. The second-order valence-electron chi connectivity index (χ2n) is 6.36. The summed E-state index contributed by atoms with van der Waals surface area (Å²) < 4.78 is 7.57. The van der Waals surface area contributed by atoms with E-state index in [0.29, 0.717) is 17.2 Å². The van der Waals surface area contributed by atoms with Crippen LogP contribution in [0.5, 0.6) is 5.75 Å². The summed E-state index contributed by atoms with van der Waals surface area (Å²) in [5.41, 5.74) is 3.49. The Morgan fingerprint density at radius 2 is 1.86 bits per heavy atom. The minimum atomic E-state index is 0.398. The van der Waals surface area contributed by atoms with Crippen LogP contribution in [0.4, 0.5) is 0 Å². The van der Waals surface area contributed by atoms with Crippen molar-refractivity contribution in [3.8, 4) is 28.5 Å². The van der Waals surface area contributed by atoms with Gasteiger partial charge in [-0.3, -0.25) is 5.10 Å². The lowest BCUT2D eigenvalue weighted by Gasteiger charge is -2.04. The molecule has 0 amide bonds. The minimum absolute atomic E-state index is 0.398. The van der Waals surface area contributed by atoms with Gasteiger partial charge in [0.15, 0.2) is 0 Å². The lowest BCUT2D eigenvalue weighted by Crippen LogP contribution is -1.96. The third-order valence-electron chi connectivity index (χ3n) is 4.21. The van der Waals surface area contributed by atoms with Crippen molar-refractivity contribution in [3.63, 3.8) is 0 Å². The fourth-order valence-corrected chi connectivity index (χ4v) is 2.94. The summed E-state index contributed by atoms with van der Waals surface area (Å²) in [5.74, 6) is 1.40. The van der Waals surface area contributed by atoms with Crippen LogP contribution in [0.15, 0.2) is 65.8 Å². The van der Waals surface area contributed by atoms with E-state index >= 15 is 0 Å². The molecule has 0 unspecified atom stereocenters. The van der Waals surface area contributed by atoms with Gasteiger partial charge in [0.05, 0.1) is 18.5 Å². The van der Waals surface area contributed by atoms with Crippen molar-refractivity contribution in [3.05, 3.63) is 71.0 Å². The summed E-state index contributed by atoms with van der Waals surface area (Å²) in [4.78, 5) is 0. The Bertz CT molecular complexity index is 1160. The van der Waals surface area contributed by atoms with Crippen molar-refractivity contribution < 1.29 is 4.74 Å². The summed E-state index contributed by atoms with van der Waals surface area (Å²) in [5, 5.41) is 19.0. The molecule has 0 radical (unpaired) electrons. The van der Waals surface area contributed by atoms with E-state index in [2.05, 4.69) is 32.4 Å². The summed E-state index contributed by atoms with van der Waals surface area (Å²) in [6, 6.07) is 19.6. The summed E-state index contributed by atoms with van der Waals surface area (Å²) in [6.45, 7) is 2.78. The first-order valence-electron chi connectivity index (χ1n) is 9.30. The highest BCUT2D eigenvalue weighted by Crippen LogP contribution is 2.22. The Morgan fingerprint density at radius 1 is 1.07 bits per heavy atom. The fourth-order valence-electron chi connectivity index (χ4n) is 2.76. The predicted octanol–water partition coefficient (Wildman–Crippen LogP) is 4.67. The molecule has 0 bridgehead atoms. The molecule has 0 aliphatic rings. The summed E-state index contributed by atoms with van der Waals surface area (Å²) in [7, 11) is 0. The third kappa shape index (κ3) is 4.33. The Balaban J connectivity index is 1.57. The molecule has 0 saturated carbocycles. The lowest BCUT2D eigenvalue weighted by molar-refractivity contribution is 0.317. The van der Waals surface area contributed by atoms with Crippen LogP contribution < -0.4 is 4.74 Å². The second kappa shape index (κ2) is 8.66. The number of nitrogens with zero attached hydrogens (tertiary/aromatic N) is 4. The predicted molar refractivity (Wildman–Crippen MR) is 116 cm³/mol. The zero-order chi connectivity index (χ0) is 20.1. The maximum absolute atomic E-state index is 5.60. The fraction of sp³-hybridized carbons (Fsp3) is 0.143. The first-order chi connectivity index (χ1) is 14.2. The molecule has 0 fully saturated rings. The molecule has 0 aliphatic carbocycles. The molecule has 0 aliphatic heterocycles. The van der Waals surface area contributed by atoms with Crippen molar-refractivity contribution >= 4 is 18.4 Å². The molecule has 0 atom stereocenters. The quantitative estimate of drug-likeness (QED) is 0.346. The number of rotatable bonds is 7. The molecule has 4 aromatic rings. The van der Waals surface area contributed by atoms with E-state index in [4.69, 9.17) is 17.0 Å². The van der Waals surface area contributed by atoms with Gasteiger partial charge >= 0.3 is 0 Å². The highest BCUT2D eigenvalue weighted by molar-refractivity contribution is 7.71. The molecule has 0 spiro atoms. The average molecular weight is 404 g/mol. The van der Waals surface area contributed by atoms with Gasteiger partial charge in [0.2, 0.25) is 10.6 Å². The molecule has 7 nitrogen and oxygen atoms in total. The molecule has 8 heteroatoms. The topological polar surface area (TPSA) is 83.9 Å². The van der Waals surface area contributed by atoms with E-state index in [0.717, 1.165) is 34.7 Å². The molecule has 4 rings (SSSR count). The van der Waals surface area contributed by atoms with Crippen molar-refractivity contribution in [1.82, 2.24) is 25.1 Å². The van der Waals surface area contributed by atoms with E-state index in [1.54, 1.807) is 10.9 Å². The largest absolute Gasteiger partial charge is 0.494 e. The SMILES string of the molecule is CCCOc1ccc(/C=N/n2c(-c3cc(-c4ccccc4)n[nH]3)n[nH]c2=S)cc1. The lowest BCUT2D eigenvalue weighted by atomic mass is 10.1. The number of aromatic nitrogens is 5. The standard InChI is InChI=1S/C21H20N6OS/c1-2-12-28-17-10-8-15(9-11-17)14-22-27-20(25-26-21(27)29)19-13-18(23-24-19)16-6-4-3-5-7-16/h3-11,13-14H,2,12H2,1H3,(H,23,24)(H,26,29)/b22-14+. The van der Waals surface area contributed by atoms with Gasteiger partial charge in [0.25, 0.3) is 0 Å². The highest BCUT2D eigenvalue weighted by atomic mass is 32.1. The molecule has 2 aromatic carbocycles. The second-order valence-corrected chi connectivity index (χ2v) is 6.75. The zero-order valence-corrected chi connectivity index (χ0v) is 16.7. The molecule has 2 aromatic heterocycles. The van der Waals surface area contributed by atoms with Gasteiger partial charge in [0, 0.05) is 5.56 Å². The summed E-state index contributed by atoms with van der Waals surface area (Å²) in [6.07, 6.45) is 2.71. The number of hydrogen-bond acceptors (Lipinski definition) is 5. The molecular formula is C21H20N6OS. The molecular weight excluding hydrogens is 384 g/mol. The van der Waals surface area contributed by atoms with Gasteiger partial charge < -0.3 is 4.74 Å². The number of hydrogen-bond donors (Lipinski definition) is 2. The number of H-pyrrole nitrogens is 2. The Labute approximate surface area is 173 Å². The maximum atomic E-state index is 5.60. The molecule has 2 N–H and O–H groups in total. The van der Waals surface area contributed by atoms with Gasteiger partial charge in [-0.05, 0) is 54.5 Å². The Kier molecular flexibility index (Phi) is 5.62. The van der Waals surface area contributed by atoms with Gasteiger partial charge in [-0.25, -0.2) is 5.10 Å². The van der Waals surface area contributed by atoms with E-state index in [1.807, 2.05) is 60.7 Å². The number of nitrogens with one attached hydrogen (secondary N) is 2. The van der Waals surface area contributed by atoms with Crippen molar-refractivity contribution in [2.24, 2.45) is 5.10 Å². The van der Waals surface area contributed by atoms with Crippen LogP contribution in [-0.2, 0) is 0 Å². The summed E-state index contributed by atoms with van der Waals surface area (Å²) >= 11 is 5.33. The van der Waals surface area contributed by atoms with Gasteiger partial charge in [-0.15, -0.1) is 0 Å². The number of aromatic amines is 2. The first-order valence-corrected chi connectivity index (χ1v) is 9.71. The van der Waals surface area contributed by atoms with Crippen LogP contribution in [0.3, 0.4) is 0 Å². The van der Waals surface area contributed by atoms with Gasteiger partial charge in [-0.1, -0.05) is 37.3 Å². The first kappa shape index (κ1) is 18.8. The van der Waals surface area contributed by atoms with E-state index in [1.165, 1.54) is 0 Å².